The molecular weight excluding hydrogens is 388 g/mol. The summed E-state index contributed by atoms with van der Waals surface area (Å²) in [5.41, 5.74) is 0. The second kappa shape index (κ2) is 10.9. The van der Waals surface area contributed by atoms with Crippen molar-refractivity contribution in [2.75, 3.05) is 26.4 Å². The number of thioether (sulfide) groups is 1. The quantitative estimate of drug-likeness (QED) is 0.277. The molecule has 3 rings (SSSR count). The number of aromatic nitrogens is 3. The van der Waals surface area contributed by atoms with Gasteiger partial charge in [0.15, 0.2) is 11.1 Å². The molecule has 1 aliphatic carbocycles. The fourth-order valence-electron chi connectivity index (χ4n) is 3.74. The molecule has 0 radical (unpaired) electrons. The van der Waals surface area contributed by atoms with Crippen LogP contribution in [0.1, 0.15) is 61.7 Å². The van der Waals surface area contributed by atoms with Crippen LogP contribution in [0.15, 0.2) is 27.7 Å². The average molecular weight is 421 g/mol. The Morgan fingerprint density at radius 1 is 1.36 bits per heavy atom. The highest BCUT2D eigenvalue weighted by Gasteiger charge is 2.23. The number of aryl methyl sites for hydroxylation is 1. The molecule has 28 heavy (non-hydrogen) atoms. The number of guanidine groups is 1. The molecular formula is C20H32N6S2. The molecule has 0 aromatic carbocycles. The Morgan fingerprint density at radius 3 is 2.86 bits per heavy atom. The monoisotopic (exact) mass is 420 g/mol. The second-order valence-corrected chi connectivity index (χ2v) is 9.06. The van der Waals surface area contributed by atoms with E-state index in [0.717, 1.165) is 42.9 Å². The minimum Gasteiger partial charge on any atom is -0.356 e. The Hall–Kier alpha value is -1.54. The third-order valence-corrected chi connectivity index (χ3v) is 7.05. The number of thiophene rings is 1. The molecule has 2 aromatic rings. The minimum atomic E-state index is 0.480. The Morgan fingerprint density at radius 2 is 2.18 bits per heavy atom. The maximum Gasteiger partial charge on any atom is 0.191 e. The number of hydrogen-bond acceptors (Lipinski definition) is 5. The van der Waals surface area contributed by atoms with Crippen LogP contribution in [0.2, 0.25) is 0 Å². The first-order valence-corrected chi connectivity index (χ1v) is 12.3. The third-order valence-electron chi connectivity index (χ3n) is 5.31. The van der Waals surface area contributed by atoms with Crippen LogP contribution in [0.4, 0.5) is 0 Å². The molecule has 1 saturated carbocycles. The maximum atomic E-state index is 4.48. The minimum absolute atomic E-state index is 0.480. The van der Waals surface area contributed by atoms with Gasteiger partial charge in [-0.2, -0.15) is 0 Å². The lowest BCUT2D eigenvalue weighted by molar-refractivity contribution is 0.460. The summed E-state index contributed by atoms with van der Waals surface area (Å²) in [6.07, 6.45) is 9.21. The number of hydrogen-bond donors (Lipinski definition) is 2. The molecule has 1 atom stereocenters. The van der Waals surface area contributed by atoms with Crippen molar-refractivity contribution in [3.63, 3.8) is 0 Å². The predicted molar refractivity (Wildman–Crippen MR) is 120 cm³/mol. The third kappa shape index (κ3) is 5.50. The number of aliphatic imine (C=N–C) groups is 1. The van der Waals surface area contributed by atoms with E-state index in [1.165, 1.54) is 30.6 Å². The van der Waals surface area contributed by atoms with Crippen LogP contribution in [0, 0.1) is 0 Å². The summed E-state index contributed by atoms with van der Waals surface area (Å²) in [6.45, 7) is 4.00. The fraction of sp³-hybridized carbons (Fsp3) is 0.650. The van der Waals surface area contributed by atoms with E-state index in [1.54, 1.807) is 11.8 Å². The molecule has 1 fully saturated rings. The zero-order valence-electron chi connectivity index (χ0n) is 17.1. The van der Waals surface area contributed by atoms with E-state index < -0.39 is 0 Å². The molecule has 1 aliphatic rings. The van der Waals surface area contributed by atoms with Gasteiger partial charge in [-0.3, -0.25) is 4.99 Å². The molecule has 2 N–H and O–H groups in total. The lowest BCUT2D eigenvalue weighted by Crippen LogP contribution is -2.39. The molecule has 0 spiro atoms. The summed E-state index contributed by atoms with van der Waals surface area (Å²) >= 11 is 3.51. The van der Waals surface area contributed by atoms with Gasteiger partial charge in [0.25, 0.3) is 0 Å². The molecule has 8 heteroatoms. The molecule has 0 aliphatic heterocycles. The first-order valence-electron chi connectivity index (χ1n) is 10.2. The van der Waals surface area contributed by atoms with E-state index >= 15 is 0 Å². The van der Waals surface area contributed by atoms with Crippen molar-refractivity contribution in [3.8, 4) is 0 Å². The topological polar surface area (TPSA) is 67.1 Å². The van der Waals surface area contributed by atoms with Gasteiger partial charge in [-0.25, -0.2) is 0 Å². The van der Waals surface area contributed by atoms with E-state index in [2.05, 4.69) is 61.1 Å². The molecule has 0 amide bonds. The second-order valence-electron chi connectivity index (χ2n) is 7.31. The Kier molecular flexibility index (Phi) is 8.21. The van der Waals surface area contributed by atoms with Gasteiger partial charge in [-0.05, 0) is 37.0 Å². The van der Waals surface area contributed by atoms with Crippen molar-refractivity contribution in [1.29, 1.82) is 0 Å². The smallest absolute Gasteiger partial charge is 0.191 e. The highest BCUT2D eigenvalue weighted by atomic mass is 32.2. The van der Waals surface area contributed by atoms with Crippen LogP contribution < -0.4 is 10.6 Å². The summed E-state index contributed by atoms with van der Waals surface area (Å²) in [5, 5.41) is 18.9. The van der Waals surface area contributed by atoms with Crippen LogP contribution in [0.5, 0.6) is 0 Å². The SMILES string of the molecule is CN=C(NCCCc1nnc(SC)n1C1CCCC1)NCC(C)c1cccs1. The molecule has 154 valence electrons. The largest absolute Gasteiger partial charge is 0.356 e. The average Bonchev–Trinajstić information content (AvgIpc) is 3.48. The lowest BCUT2D eigenvalue weighted by atomic mass is 10.1. The van der Waals surface area contributed by atoms with Gasteiger partial charge < -0.3 is 15.2 Å². The standard InChI is InChI=1S/C20H32N6S2/c1-15(17-10-7-13-28-17)14-23-19(21-2)22-12-6-11-18-24-25-20(27-3)26(18)16-8-4-5-9-16/h7,10,13,15-16H,4-6,8-9,11-12,14H2,1-3H3,(H2,21,22,23). The molecule has 2 aromatic heterocycles. The molecule has 6 nitrogen and oxygen atoms in total. The van der Waals surface area contributed by atoms with Crippen molar-refractivity contribution in [2.24, 2.45) is 4.99 Å². The van der Waals surface area contributed by atoms with Crippen LogP contribution >= 0.6 is 23.1 Å². The van der Waals surface area contributed by atoms with Gasteiger partial charge in [-0.15, -0.1) is 21.5 Å². The summed E-state index contributed by atoms with van der Waals surface area (Å²) in [6, 6.07) is 4.89. The fourth-order valence-corrected chi connectivity index (χ4v) is 5.10. The van der Waals surface area contributed by atoms with Gasteiger partial charge in [0.1, 0.15) is 5.82 Å². The molecule has 0 bridgehead atoms. The van der Waals surface area contributed by atoms with Crippen molar-refractivity contribution < 1.29 is 0 Å². The first-order chi connectivity index (χ1) is 13.7. The lowest BCUT2D eigenvalue weighted by Gasteiger charge is -2.17. The number of nitrogens with zero attached hydrogens (tertiary/aromatic N) is 4. The summed E-state index contributed by atoms with van der Waals surface area (Å²) < 4.78 is 2.40. The summed E-state index contributed by atoms with van der Waals surface area (Å²) in [4.78, 5) is 5.75. The molecule has 1 unspecified atom stereocenters. The summed E-state index contributed by atoms with van der Waals surface area (Å²) in [5.74, 6) is 2.48. The van der Waals surface area contributed by atoms with E-state index in [0.29, 0.717) is 12.0 Å². The van der Waals surface area contributed by atoms with E-state index in [1.807, 2.05) is 18.4 Å². The highest BCUT2D eigenvalue weighted by Crippen LogP contribution is 2.33. The molecule has 0 saturated heterocycles. The van der Waals surface area contributed by atoms with Gasteiger partial charge in [0.05, 0.1) is 0 Å². The van der Waals surface area contributed by atoms with Crippen LogP contribution in [-0.4, -0.2) is 47.1 Å². The number of rotatable bonds is 9. The van der Waals surface area contributed by atoms with Crippen molar-refractivity contribution >= 4 is 29.1 Å². The molecule has 2 heterocycles. The van der Waals surface area contributed by atoms with Gasteiger partial charge in [0.2, 0.25) is 0 Å². The number of nitrogens with one attached hydrogen (secondary N) is 2. The van der Waals surface area contributed by atoms with Crippen LogP contribution in [0.25, 0.3) is 0 Å². The van der Waals surface area contributed by atoms with Crippen LogP contribution in [-0.2, 0) is 6.42 Å². The Balaban J connectivity index is 1.44. The van der Waals surface area contributed by atoms with E-state index in [9.17, 15) is 0 Å². The maximum absolute atomic E-state index is 4.48. The highest BCUT2D eigenvalue weighted by molar-refractivity contribution is 7.98. The summed E-state index contributed by atoms with van der Waals surface area (Å²) in [7, 11) is 1.83. The Bertz CT molecular complexity index is 734. The van der Waals surface area contributed by atoms with Gasteiger partial charge in [0, 0.05) is 43.4 Å². The normalized spacial score (nSPS) is 16.5. The predicted octanol–water partition coefficient (Wildman–Crippen LogP) is 4.08. The van der Waals surface area contributed by atoms with Crippen LogP contribution in [0.3, 0.4) is 0 Å². The Labute approximate surface area is 176 Å². The zero-order valence-corrected chi connectivity index (χ0v) is 18.8. The zero-order chi connectivity index (χ0) is 19.8. The van der Waals surface area contributed by atoms with E-state index in [-0.39, 0.29) is 0 Å². The van der Waals surface area contributed by atoms with Gasteiger partial charge >= 0.3 is 0 Å². The van der Waals surface area contributed by atoms with Crippen molar-refractivity contribution in [1.82, 2.24) is 25.4 Å². The first kappa shape index (κ1) is 21.2. The van der Waals surface area contributed by atoms with E-state index in [4.69, 9.17) is 0 Å². The van der Waals surface area contributed by atoms with Crippen molar-refractivity contribution in [2.45, 2.75) is 62.6 Å². The van der Waals surface area contributed by atoms with Crippen molar-refractivity contribution in [3.05, 3.63) is 28.2 Å². The van der Waals surface area contributed by atoms with Gasteiger partial charge in [-0.1, -0.05) is 37.6 Å².